The van der Waals surface area contributed by atoms with Crippen molar-refractivity contribution in [1.29, 1.82) is 0 Å². The third-order valence-electron chi connectivity index (χ3n) is 2.63. The second kappa shape index (κ2) is 6.07. The van der Waals surface area contributed by atoms with Crippen molar-refractivity contribution in [1.82, 2.24) is 15.1 Å². The molecule has 0 saturated carbocycles. The third-order valence-corrected chi connectivity index (χ3v) is 2.63. The molecule has 0 aromatic heterocycles. The van der Waals surface area contributed by atoms with E-state index >= 15 is 0 Å². The van der Waals surface area contributed by atoms with Crippen molar-refractivity contribution in [3.8, 4) is 0 Å². The van der Waals surface area contributed by atoms with E-state index in [0.29, 0.717) is 26.2 Å². The molecule has 2 N–H and O–H groups in total. The average Bonchev–Trinajstić information content (AvgIpc) is 2.28. The molecule has 0 atom stereocenters. The van der Waals surface area contributed by atoms with Gasteiger partial charge in [0.15, 0.2) is 0 Å². The maximum atomic E-state index is 11.6. The topological polar surface area (TPSA) is 90.0 Å². The third kappa shape index (κ3) is 4.29. The van der Waals surface area contributed by atoms with Crippen LogP contribution in [0.25, 0.3) is 0 Å². The van der Waals surface area contributed by atoms with Crippen molar-refractivity contribution in [3.63, 3.8) is 0 Å². The average molecular weight is 243 g/mol. The highest BCUT2D eigenvalue weighted by molar-refractivity contribution is 5.76. The van der Waals surface area contributed by atoms with Crippen molar-refractivity contribution >= 4 is 17.9 Å². The molecule has 0 unspecified atom stereocenters. The van der Waals surface area contributed by atoms with Crippen molar-refractivity contribution < 1.29 is 19.5 Å². The Morgan fingerprint density at radius 3 is 2.12 bits per heavy atom. The SMILES string of the molecule is CC(=O)N1CCN(C(=O)NCCC(=O)O)CC1. The fourth-order valence-electron chi connectivity index (χ4n) is 1.61. The minimum absolute atomic E-state index is 0.0101. The summed E-state index contributed by atoms with van der Waals surface area (Å²) in [6.07, 6.45) is -0.0842. The summed E-state index contributed by atoms with van der Waals surface area (Å²) in [5, 5.41) is 11.0. The molecule has 1 heterocycles. The van der Waals surface area contributed by atoms with Crippen LogP contribution in [0.3, 0.4) is 0 Å². The van der Waals surface area contributed by atoms with Crippen LogP contribution < -0.4 is 5.32 Å². The van der Waals surface area contributed by atoms with Gasteiger partial charge in [0, 0.05) is 39.6 Å². The molecule has 7 nitrogen and oxygen atoms in total. The Bertz CT molecular complexity index is 311. The van der Waals surface area contributed by atoms with Crippen molar-refractivity contribution in [3.05, 3.63) is 0 Å². The van der Waals surface area contributed by atoms with Gasteiger partial charge in [0.25, 0.3) is 0 Å². The lowest BCUT2D eigenvalue weighted by molar-refractivity contribution is -0.137. The van der Waals surface area contributed by atoms with Gasteiger partial charge < -0.3 is 20.2 Å². The van der Waals surface area contributed by atoms with Crippen molar-refractivity contribution in [2.45, 2.75) is 13.3 Å². The number of piperazine rings is 1. The Balaban J connectivity index is 2.26. The summed E-state index contributed by atoms with van der Waals surface area (Å²) in [7, 11) is 0. The number of carbonyl (C=O) groups excluding carboxylic acids is 2. The molecule has 7 heteroatoms. The lowest BCUT2D eigenvalue weighted by Crippen LogP contribution is -2.52. The molecule has 3 amide bonds. The molecule has 1 saturated heterocycles. The van der Waals surface area contributed by atoms with Gasteiger partial charge in [0.1, 0.15) is 0 Å². The van der Waals surface area contributed by atoms with Gasteiger partial charge >= 0.3 is 12.0 Å². The quantitative estimate of drug-likeness (QED) is 0.688. The minimum atomic E-state index is -0.938. The maximum absolute atomic E-state index is 11.6. The summed E-state index contributed by atoms with van der Waals surface area (Å²) in [4.78, 5) is 36.2. The van der Waals surface area contributed by atoms with Crippen LogP contribution in [0.4, 0.5) is 4.79 Å². The number of rotatable bonds is 3. The standard InChI is InChI=1S/C10H17N3O4/c1-8(14)12-4-6-13(7-5-12)10(17)11-3-2-9(15)16/h2-7H2,1H3,(H,11,17)(H,15,16). The number of carboxylic acid groups (broad SMARTS) is 1. The Kier molecular flexibility index (Phi) is 4.74. The van der Waals surface area contributed by atoms with Crippen LogP contribution in [0, 0.1) is 0 Å². The fraction of sp³-hybridized carbons (Fsp3) is 0.700. The molecule has 1 aliphatic heterocycles. The predicted octanol–water partition coefficient (Wildman–Crippen LogP) is -0.665. The van der Waals surface area contributed by atoms with E-state index in [9.17, 15) is 14.4 Å². The summed E-state index contributed by atoms with van der Waals surface area (Å²) >= 11 is 0. The van der Waals surface area contributed by atoms with Gasteiger partial charge in [-0.05, 0) is 0 Å². The summed E-state index contributed by atoms with van der Waals surface area (Å²) < 4.78 is 0. The maximum Gasteiger partial charge on any atom is 0.317 e. The van der Waals surface area contributed by atoms with E-state index < -0.39 is 5.97 Å². The number of aliphatic carboxylic acids is 1. The normalized spacial score (nSPS) is 15.6. The Morgan fingerprint density at radius 1 is 1.12 bits per heavy atom. The number of carbonyl (C=O) groups is 3. The molecule has 0 aliphatic carbocycles. The lowest BCUT2D eigenvalue weighted by atomic mass is 10.3. The smallest absolute Gasteiger partial charge is 0.317 e. The zero-order valence-corrected chi connectivity index (χ0v) is 9.81. The molecular formula is C10H17N3O4. The minimum Gasteiger partial charge on any atom is -0.481 e. The monoisotopic (exact) mass is 243 g/mol. The fourth-order valence-corrected chi connectivity index (χ4v) is 1.61. The zero-order chi connectivity index (χ0) is 12.8. The van der Waals surface area contributed by atoms with Crippen molar-refractivity contribution in [2.75, 3.05) is 32.7 Å². The molecule has 17 heavy (non-hydrogen) atoms. The highest BCUT2D eigenvalue weighted by atomic mass is 16.4. The van der Waals surface area contributed by atoms with E-state index in [-0.39, 0.29) is 24.9 Å². The Labute approximate surface area is 99.4 Å². The molecule has 1 rings (SSSR count). The summed E-state index contributed by atoms with van der Waals surface area (Å²) in [5.74, 6) is -0.928. The van der Waals surface area contributed by atoms with Crippen LogP contribution in [-0.2, 0) is 9.59 Å². The molecule has 0 spiro atoms. The van der Waals surface area contributed by atoms with Gasteiger partial charge in [-0.25, -0.2) is 4.79 Å². The van der Waals surface area contributed by atoms with E-state index in [4.69, 9.17) is 5.11 Å². The van der Waals surface area contributed by atoms with Crippen molar-refractivity contribution in [2.24, 2.45) is 0 Å². The number of hydrogen-bond donors (Lipinski definition) is 2. The van der Waals surface area contributed by atoms with Crippen LogP contribution in [0.2, 0.25) is 0 Å². The largest absolute Gasteiger partial charge is 0.481 e. The number of nitrogens with one attached hydrogen (secondary N) is 1. The van der Waals surface area contributed by atoms with Gasteiger partial charge in [0.2, 0.25) is 5.91 Å². The first-order chi connectivity index (χ1) is 8.00. The van der Waals surface area contributed by atoms with Crippen LogP contribution in [0.15, 0.2) is 0 Å². The first-order valence-corrected chi connectivity index (χ1v) is 5.51. The number of urea groups is 1. The Hall–Kier alpha value is -1.79. The number of amides is 3. The van der Waals surface area contributed by atoms with Gasteiger partial charge in [-0.2, -0.15) is 0 Å². The van der Waals surface area contributed by atoms with E-state index in [1.807, 2.05) is 0 Å². The first-order valence-electron chi connectivity index (χ1n) is 5.51. The van der Waals surface area contributed by atoms with Gasteiger partial charge in [0.05, 0.1) is 6.42 Å². The molecule has 0 aromatic carbocycles. The van der Waals surface area contributed by atoms with E-state index in [1.54, 1.807) is 9.80 Å². The highest BCUT2D eigenvalue weighted by Crippen LogP contribution is 2.02. The van der Waals surface area contributed by atoms with Gasteiger partial charge in [-0.3, -0.25) is 9.59 Å². The number of hydrogen-bond acceptors (Lipinski definition) is 3. The number of carboxylic acids is 1. The van der Waals surface area contributed by atoms with E-state index in [1.165, 1.54) is 6.92 Å². The molecule has 1 aliphatic rings. The number of nitrogens with zero attached hydrogens (tertiary/aromatic N) is 2. The first kappa shape index (κ1) is 13.3. The van der Waals surface area contributed by atoms with Crippen LogP contribution in [0.1, 0.15) is 13.3 Å². The second-order valence-corrected chi connectivity index (χ2v) is 3.87. The van der Waals surface area contributed by atoms with Crippen LogP contribution >= 0.6 is 0 Å². The van der Waals surface area contributed by atoms with E-state index in [2.05, 4.69) is 5.32 Å². The summed E-state index contributed by atoms with van der Waals surface area (Å²) in [6, 6.07) is -0.269. The molecule has 1 fully saturated rings. The van der Waals surface area contributed by atoms with Gasteiger partial charge in [-0.1, -0.05) is 0 Å². The molecular weight excluding hydrogens is 226 g/mol. The highest BCUT2D eigenvalue weighted by Gasteiger charge is 2.21. The predicted molar refractivity (Wildman–Crippen MR) is 59.5 cm³/mol. The van der Waals surface area contributed by atoms with E-state index in [0.717, 1.165) is 0 Å². The molecule has 0 radical (unpaired) electrons. The molecule has 0 aromatic rings. The van der Waals surface area contributed by atoms with Crippen LogP contribution in [0.5, 0.6) is 0 Å². The summed E-state index contributed by atoms with van der Waals surface area (Å²) in [5.41, 5.74) is 0. The molecule has 96 valence electrons. The zero-order valence-electron chi connectivity index (χ0n) is 9.81. The van der Waals surface area contributed by atoms with Gasteiger partial charge in [-0.15, -0.1) is 0 Å². The van der Waals surface area contributed by atoms with Crippen LogP contribution in [-0.4, -0.2) is 65.5 Å². The Morgan fingerprint density at radius 2 is 1.65 bits per heavy atom. The second-order valence-electron chi connectivity index (χ2n) is 3.87. The lowest BCUT2D eigenvalue weighted by Gasteiger charge is -2.34. The summed E-state index contributed by atoms with van der Waals surface area (Å²) in [6.45, 7) is 3.66. The molecule has 0 bridgehead atoms.